The Kier molecular flexibility index (Phi) is 2.60. The zero-order valence-corrected chi connectivity index (χ0v) is 9.57. The predicted octanol–water partition coefficient (Wildman–Crippen LogP) is 1.28. The first kappa shape index (κ1) is 10.4. The number of aromatic amines is 1. The van der Waals surface area contributed by atoms with Crippen LogP contribution in [0.4, 0.5) is 5.82 Å². The van der Waals surface area contributed by atoms with Crippen molar-refractivity contribution in [3.05, 3.63) is 18.2 Å². The first-order valence-electron chi connectivity index (χ1n) is 5.93. The van der Waals surface area contributed by atoms with Gasteiger partial charge in [0.05, 0.1) is 5.52 Å². The molecule has 1 aliphatic rings. The van der Waals surface area contributed by atoms with Gasteiger partial charge in [0.2, 0.25) is 0 Å². The van der Waals surface area contributed by atoms with Gasteiger partial charge in [-0.15, -0.1) is 0 Å². The average Bonchev–Trinajstić information content (AvgIpc) is 2.97. The third-order valence-electron chi connectivity index (χ3n) is 3.18. The number of ether oxygens (including phenoxy) is 1. The highest BCUT2D eigenvalue weighted by atomic mass is 16.5. The van der Waals surface area contributed by atoms with Crippen LogP contribution >= 0.6 is 0 Å². The van der Waals surface area contributed by atoms with Crippen molar-refractivity contribution in [3.8, 4) is 5.75 Å². The lowest BCUT2D eigenvalue weighted by Crippen LogP contribution is -2.28. The molecule has 1 aromatic carbocycles. The molecule has 5 nitrogen and oxygen atoms in total. The molecule has 1 atom stereocenters. The minimum atomic E-state index is 0.484. The molecular formula is C12H16N4O. The summed E-state index contributed by atoms with van der Waals surface area (Å²) in [6, 6.07) is 6.29. The van der Waals surface area contributed by atoms with E-state index in [4.69, 9.17) is 10.5 Å². The van der Waals surface area contributed by atoms with Crippen LogP contribution in [-0.4, -0.2) is 29.4 Å². The van der Waals surface area contributed by atoms with Gasteiger partial charge in [-0.05, 0) is 31.5 Å². The molecule has 17 heavy (non-hydrogen) atoms. The second kappa shape index (κ2) is 4.25. The van der Waals surface area contributed by atoms with Crippen molar-refractivity contribution in [2.24, 2.45) is 0 Å². The van der Waals surface area contributed by atoms with Crippen molar-refractivity contribution >= 4 is 16.7 Å². The van der Waals surface area contributed by atoms with Crippen LogP contribution in [0.3, 0.4) is 0 Å². The molecular weight excluding hydrogens is 216 g/mol. The number of rotatable bonds is 3. The Balaban J connectivity index is 1.72. The van der Waals surface area contributed by atoms with Gasteiger partial charge in [0.1, 0.15) is 12.4 Å². The van der Waals surface area contributed by atoms with Crippen molar-refractivity contribution in [1.82, 2.24) is 15.5 Å². The summed E-state index contributed by atoms with van der Waals surface area (Å²) in [6.45, 7) is 1.82. The molecule has 1 fully saturated rings. The van der Waals surface area contributed by atoms with E-state index in [1.165, 1.54) is 12.8 Å². The van der Waals surface area contributed by atoms with Crippen LogP contribution in [0.2, 0.25) is 0 Å². The molecule has 1 unspecified atom stereocenters. The number of hydrogen-bond acceptors (Lipinski definition) is 4. The van der Waals surface area contributed by atoms with Crippen molar-refractivity contribution in [3.63, 3.8) is 0 Å². The molecule has 1 saturated heterocycles. The maximum Gasteiger partial charge on any atom is 0.153 e. The van der Waals surface area contributed by atoms with Crippen LogP contribution in [0, 0.1) is 0 Å². The summed E-state index contributed by atoms with van der Waals surface area (Å²) in [4.78, 5) is 0. The normalized spacial score (nSPS) is 19.9. The summed E-state index contributed by atoms with van der Waals surface area (Å²) in [5, 5.41) is 11.2. The van der Waals surface area contributed by atoms with Gasteiger partial charge in [0, 0.05) is 17.5 Å². The van der Waals surface area contributed by atoms with Gasteiger partial charge in [0.15, 0.2) is 5.82 Å². The van der Waals surface area contributed by atoms with Crippen molar-refractivity contribution < 1.29 is 4.74 Å². The predicted molar refractivity (Wildman–Crippen MR) is 67.0 cm³/mol. The summed E-state index contributed by atoms with van der Waals surface area (Å²) in [7, 11) is 0. The third kappa shape index (κ3) is 2.06. The summed E-state index contributed by atoms with van der Waals surface area (Å²) in [5.74, 6) is 1.39. The lowest BCUT2D eigenvalue weighted by Gasteiger charge is -2.11. The van der Waals surface area contributed by atoms with E-state index in [2.05, 4.69) is 15.5 Å². The highest BCUT2D eigenvalue weighted by molar-refractivity contribution is 5.89. The van der Waals surface area contributed by atoms with E-state index in [0.29, 0.717) is 11.9 Å². The number of nitrogen functional groups attached to an aromatic ring is 1. The molecule has 5 heteroatoms. The molecule has 0 radical (unpaired) electrons. The van der Waals surface area contributed by atoms with E-state index < -0.39 is 0 Å². The van der Waals surface area contributed by atoms with Crippen molar-refractivity contribution in [2.75, 3.05) is 18.9 Å². The summed E-state index contributed by atoms with van der Waals surface area (Å²) in [6.07, 6.45) is 2.43. The molecule has 0 spiro atoms. The second-order valence-electron chi connectivity index (χ2n) is 4.42. The number of fused-ring (bicyclic) bond motifs is 1. The highest BCUT2D eigenvalue weighted by Gasteiger charge is 2.14. The quantitative estimate of drug-likeness (QED) is 0.745. The number of nitrogens with two attached hydrogens (primary N) is 1. The van der Waals surface area contributed by atoms with Gasteiger partial charge < -0.3 is 15.8 Å². The SMILES string of the molecule is Nc1n[nH]c2cc(OCC3CCCN3)ccc12. The summed E-state index contributed by atoms with van der Waals surface area (Å²) >= 11 is 0. The topological polar surface area (TPSA) is 76.0 Å². The largest absolute Gasteiger partial charge is 0.492 e. The smallest absolute Gasteiger partial charge is 0.153 e. The number of nitrogens with zero attached hydrogens (tertiary/aromatic N) is 1. The van der Waals surface area contributed by atoms with Gasteiger partial charge >= 0.3 is 0 Å². The number of nitrogens with one attached hydrogen (secondary N) is 2. The van der Waals surface area contributed by atoms with Crippen LogP contribution in [0.5, 0.6) is 5.75 Å². The van der Waals surface area contributed by atoms with E-state index in [9.17, 15) is 0 Å². The lowest BCUT2D eigenvalue weighted by molar-refractivity contribution is 0.277. The molecule has 0 saturated carbocycles. The van der Waals surface area contributed by atoms with Gasteiger partial charge in [0.25, 0.3) is 0 Å². The zero-order valence-electron chi connectivity index (χ0n) is 9.57. The van der Waals surface area contributed by atoms with Crippen molar-refractivity contribution in [1.29, 1.82) is 0 Å². The molecule has 90 valence electrons. The Morgan fingerprint density at radius 1 is 1.47 bits per heavy atom. The van der Waals surface area contributed by atoms with Gasteiger partial charge in [-0.1, -0.05) is 0 Å². The first-order chi connectivity index (χ1) is 8.33. The molecule has 3 rings (SSSR count). The van der Waals surface area contributed by atoms with Crippen LogP contribution in [0.1, 0.15) is 12.8 Å². The van der Waals surface area contributed by atoms with Gasteiger partial charge in [-0.2, -0.15) is 5.10 Å². The molecule has 1 aliphatic heterocycles. The van der Waals surface area contributed by atoms with Gasteiger partial charge in [-0.3, -0.25) is 5.10 Å². The number of benzene rings is 1. The standard InChI is InChI=1S/C12H16N4O/c13-12-10-4-3-9(6-11(10)15-16-12)17-7-8-2-1-5-14-8/h3-4,6,8,14H,1-2,5,7H2,(H3,13,15,16). The monoisotopic (exact) mass is 232 g/mol. The second-order valence-corrected chi connectivity index (χ2v) is 4.42. The van der Waals surface area contributed by atoms with Crippen molar-refractivity contribution in [2.45, 2.75) is 18.9 Å². The van der Waals surface area contributed by atoms with E-state index >= 15 is 0 Å². The number of hydrogen-bond donors (Lipinski definition) is 3. The molecule has 4 N–H and O–H groups in total. The number of aromatic nitrogens is 2. The number of H-pyrrole nitrogens is 1. The Hall–Kier alpha value is -1.75. The zero-order chi connectivity index (χ0) is 11.7. The Morgan fingerprint density at radius 3 is 3.24 bits per heavy atom. The molecule has 2 aromatic rings. The van der Waals surface area contributed by atoms with E-state index in [0.717, 1.165) is 29.8 Å². The van der Waals surface area contributed by atoms with Crippen LogP contribution in [0.25, 0.3) is 10.9 Å². The maximum absolute atomic E-state index is 5.76. The summed E-state index contributed by atoms with van der Waals surface area (Å²) in [5.41, 5.74) is 6.62. The lowest BCUT2D eigenvalue weighted by atomic mass is 10.2. The van der Waals surface area contributed by atoms with E-state index in [-0.39, 0.29) is 0 Å². The molecule has 2 heterocycles. The minimum Gasteiger partial charge on any atom is -0.492 e. The Labute approximate surface area is 99.3 Å². The summed E-state index contributed by atoms with van der Waals surface area (Å²) < 4.78 is 5.76. The maximum atomic E-state index is 5.76. The molecule has 0 bridgehead atoms. The first-order valence-corrected chi connectivity index (χ1v) is 5.93. The van der Waals surface area contributed by atoms with Crippen LogP contribution in [0.15, 0.2) is 18.2 Å². The van der Waals surface area contributed by atoms with E-state index in [1.807, 2.05) is 18.2 Å². The number of anilines is 1. The fourth-order valence-corrected chi connectivity index (χ4v) is 2.21. The highest BCUT2D eigenvalue weighted by Crippen LogP contribution is 2.23. The molecule has 1 aromatic heterocycles. The van der Waals surface area contributed by atoms with Crippen LogP contribution in [-0.2, 0) is 0 Å². The fraction of sp³-hybridized carbons (Fsp3) is 0.417. The third-order valence-corrected chi connectivity index (χ3v) is 3.18. The average molecular weight is 232 g/mol. The van der Waals surface area contributed by atoms with Crippen LogP contribution < -0.4 is 15.8 Å². The van der Waals surface area contributed by atoms with E-state index in [1.54, 1.807) is 0 Å². The minimum absolute atomic E-state index is 0.484. The fourth-order valence-electron chi connectivity index (χ4n) is 2.21. The Bertz CT molecular complexity index is 516. The Morgan fingerprint density at radius 2 is 2.41 bits per heavy atom. The van der Waals surface area contributed by atoms with Gasteiger partial charge in [-0.25, -0.2) is 0 Å². The molecule has 0 aliphatic carbocycles. The molecule has 0 amide bonds.